The molecule has 4 nitrogen and oxygen atoms in total. The second-order valence-corrected chi connectivity index (χ2v) is 10.1. The largest absolute Gasteiger partial charge is 0.497 e. The van der Waals surface area contributed by atoms with Gasteiger partial charge in [-0.25, -0.2) is 4.79 Å². The lowest BCUT2D eigenvalue weighted by molar-refractivity contribution is 0.0728. The van der Waals surface area contributed by atoms with E-state index in [0.29, 0.717) is 23.0 Å². The molecule has 0 saturated carbocycles. The SMILES string of the molecule is COc1cc(C(C)(C)C)c(OC(=O)c2ccc(C(C)C)c(OC)c2)c(C(C)(C)C)c1. The molecule has 0 amide bonds. The summed E-state index contributed by atoms with van der Waals surface area (Å²) in [6, 6.07) is 9.41. The molecule has 2 aromatic carbocycles. The minimum absolute atomic E-state index is 0.233. The highest BCUT2D eigenvalue weighted by Gasteiger charge is 2.30. The van der Waals surface area contributed by atoms with E-state index in [0.717, 1.165) is 22.4 Å². The van der Waals surface area contributed by atoms with E-state index in [4.69, 9.17) is 14.2 Å². The minimum Gasteiger partial charge on any atom is -0.497 e. The van der Waals surface area contributed by atoms with Crippen LogP contribution in [0.2, 0.25) is 0 Å². The second-order valence-electron chi connectivity index (χ2n) is 10.1. The van der Waals surface area contributed by atoms with Gasteiger partial charge in [-0.15, -0.1) is 0 Å². The summed E-state index contributed by atoms with van der Waals surface area (Å²) in [6.45, 7) is 16.8. The molecule has 4 heteroatoms. The molecule has 0 fully saturated rings. The van der Waals surface area contributed by atoms with Crippen LogP contribution < -0.4 is 14.2 Å². The number of ether oxygens (including phenoxy) is 3. The van der Waals surface area contributed by atoms with Crippen LogP contribution in [-0.4, -0.2) is 20.2 Å². The molecule has 164 valence electrons. The predicted molar refractivity (Wildman–Crippen MR) is 122 cm³/mol. The van der Waals surface area contributed by atoms with Gasteiger partial charge in [0.15, 0.2) is 0 Å². The van der Waals surface area contributed by atoms with Gasteiger partial charge in [-0.05, 0) is 46.6 Å². The van der Waals surface area contributed by atoms with Crippen molar-refractivity contribution >= 4 is 5.97 Å². The normalized spacial score (nSPS) is 12.1. The number of carbonyl (C=O) groups is 1. The van der Waals surface area contributed by atoms with Crippen LogP contribution in [0, 0.1) is 0 Å². The van der Waals surface area contributed by atoms with Gasteiger partial charge in [-0.2, -0.15) is 0 Å². The number of esters is 1. The average molecular weight is 413 g/mol. The van der Waals surface area contributed by atoms with E-state index in [1.54, 1.807) is 26.4 Å². The Labute approximate surface area is 181 Å². The Kier molecular flexibility index (Phi) is 6.90. The summed E-state index contributed by atoms with van der Waals surface area (Å²) in [6.07, 6.45) is 0. The van der Waals surface area contributed by atoms with Crippen molar-refractivity contribution in [2.24, 2.45) is 0 Å². The third-order valence-corrected chi connectivity index (χ3v) is 5.20. The summed E-state index contributed by atoms with van der Waals surface area (Å²) in [7, 11) is 3.28. The Morgan fingerprint density at radius 2 is 1.37 bits per heavy atom. The molecule has 0 bridgehead atoms. The van der Waals surface area contributed by atoms with Crippen molar-refractivity contribution in [3.05, 3.63) is 52.6 Å². The van der Waals surface area contributed by atoms with Gasteiger partial charge in [0.2, 0.25) is 0 Å². The molecular weight excluding hydrogens is 376 g/mol. The van der Waals surface area contributed by atoms with Gasteiger partial charge in [0.1, 0.15) is 17.2 Å². The van der Waals surface area contributed by atoms with Crippen molar-refractivity contribution < 1.29 is 19.0 Å². The molecule has 0 aliphatic heterocycles. The van der Waals surface area contributed by atoms with Crippen molar-refractivity contribution in [3.8, 4) is 17.2 Å². The Bertz CT molecular complexity index is 877. The van der Waals surface area contributed by atoms with E-state index < -0.39 is 5.97 Å². The maximum Gasteiger partial charge on any atom is 0.343 e. The van der Waals surface area contributed by atoms with E-state index in [-0.39, 0.29) is 10.8 Å². The Morgan fingerprint density at radius 1 is 0.833 bits per heavy atom. The molecule has 0 unspecified atom stereocenters. The molecule has 0 spiro atoms. The Balaban J connectivity index is 2.60. The molecule has 0 saturated heterocycles. The van der Waals surface area contributed by atoms with Gasteiger partial charge < -0.3 is 14.2 Å². The molecule has 0 aromatic heterocycles. The number of methoxy groups -OCH3 is 2. The minimum atomic E-state index is -0.398. The van der Waals surface area contributed by atoms with Crippen LogP contribution in [0.4, 0.5) is 0 Å². The van der Waals surface area contributed by atoms with E-state index in [1.165, 1.54) is 0 Å². The van der Waals surface area contributed by atoms with Crippen molar-refractivity contribution in [2.75, 3.05) is 14.2 Å². The van der Waals surface area contributed by atoms with Gasteiger partial charge in [0.25, 0.3) is 0 Å². The van der Waals surface area contributed by atoms with Crippen molar-refractivity contribution in [2.45, 2.75) is 72.1 Å². The highest BCUT2D eigenvalue weighted by Crippen LogP contribution is 2.43. The highest BCUT2D eigenvalue weighted by molar-refractivity contribution is 5.92. The molecule has 30 heavy (non-hydrogen) atoms. The molecule has 0 radical (unpaired) electrons. The molecule has 0 atom stereocenters. The number of hydrogen-bond donors (Lipinski definition) is 0. The number of rotatable bonds is 5. The van der Waals surface area contributed by atoms with E-state index >= 15 is 0 Å². The first-order valence-corrected chi connectivity index (χ1v) is 10.4. The molecular formula is C26H36O4. The molecule has 2 rings (SSSR count). The maximum atomic E-state index is 13.2. The van der Waals surface area contributed by atoms with Crippen LogP contribution in [0.5, 0.6) is 17.2 Å². The third kappa shape index (κ3) is 5.16. The molecule has 0 N–H and O–H groups in total. The van der Waals surface area contributed by atoms with Gasteiger partial charge in [-0.1, -0.05) is 61.5 Å². The monoisotopic (exact) mass is 412 g/mol. The zero-order chi connectivity index (χ0) is 22.9. The highest BCUT2D eigenvalue weighted by atomic mass is 16.5. The molecule has 0 aliphatic carbocycles. The summed E-state index contributed by atoms with van der Waals surface area (Å²) < 4.78 is 17.1. The lowest BCUT2D eigenvalue weighted by atomic mass is 9.79. The van der Waals surface area contributed by atoms with Crippen LogP contribution in [0.3, 0.4) is 0 Å². The van der Waals surface area contributed by atoms with Crippen LogP contribution in [0.1, 0.15) is 88.4 Å². The van der Waals surface area contributed by atoms with E-state index in [1.807, 2.05) is 18.2 Å². The smallest absolute Gasteiger partial charge is 0.343 e. The fraction of sp³-hybridized carbons (Fsp3) is 0.500. The fourth-order valence-electron chi connectivity index (χ4n) is 3.41. The quantitative estimate of drug-likeness (QED) is 0.408. The first-order valence-electron chi connectivity index (χ1n) is 10.4. The predicted octanol–water partition coefficient (Wildman–Crippen LogP) is 6.64. The number of hydrogen-bond acceptors (Lipinski definition) is 4. The molecule has 0 heterocycles. The zero-order valence-electron chi connectivity index (χ0n) is 20.1. The van der Waals surface area contributed by atoms with Crippen LogP contribution in [-0.2, 0) is 10.8 Å². The fourth-order valence-corrected chi connectivity index (χ4v) is 3.41. The Morgan fingerprint density at radius 3 is 1.77 bits per heavy atom. The van der Waals surface area contributed by atoms with Crippen LogP contribution in [0.25, 0.3) is 0 Å². The van der Waals surface area contributed by atoms with Gasteiger partial charge in [0.05, 0.1) is 19.8 Å². The zero-order valence-corrected chi connectivity index (χ0v) is 20.1. The van der Waals surface area contributed by atoms with E-state index in [2.05, 4.69) is 55.4 Å². The van der Waals surface area contributed by atoms with Gasteiger partial charge in [0, 0.05) is 11.1 Å². The molecule has 0 aliphatic rings. The van der Waals surface area contributed by atoms with Crippen molar-refractivity contribution in [1.82, 2.24) is 0 Å². The maximum absolute atomic E-state index is 13.2. The molecule has 2 aromatic rings. The lowest BCUT2D eigenvalue weighted by Gasteiger charge is -2.29. The number of benzene rings is 2. The first kappa shape index (κ1) is 23.8. The van der Waals surface area contributed by atoms with E-state index in [9.17, 15) is 4.79 Å². The first-order chi connectivity index (χ1) is 13.8. The standard InChI is InChI=1S/C26H36O4/c1-16(2)19-12-11-17(13-22(19)29-10)24(27)30-23-20(25(3,4)5)14-18(28-9)15-21(23)26(6,7)8/h11-16H,1-10H3. The van der Waals surface area contributed by atoms with Crippen LogP contribution >= 0.6 is 0 Å². The summed E-state index contributed by atoms with van der Waals surface area (Å²) in [4.78, 5) is 13.2. The van der Waals surface area contributed by atoms with Gasteiger partial charge in [-0.3, -0.25) is 0 Å². The Hall–Kier alpha value is -2.49. The summed E-state index contributed by atoms with van der Waals surface area (Å²) in [5, 5.41) is 0. The third-order valence-electron chi connectivity index (χ3n) is 5.20. The van der Waals surface area contributed by atoms with Crippen molar-refractivity contribution in [3.63, 3.8) is 0 Å². The lowest BCUT2D eigenvalue weighted by Crippen LogP contribution is -2.22. The topological polar surface area (TPSA) is 44.8 Å². The van der Waals surface area contributed by atoms with Crippen LogP contribution in [0.15, 0.2) is 30.3 Å². The van der Waals surface area contributed by atoms with Crippen molar-refractivity contribution in [1.29, 1.82) is 0 Å². The summed E-state index contributed by atoms with van der Waals surface area (Å²) in [5.41, 5.74) is 2.93. The average Bonchev–Trinajstić information content (AvgIpc) is 2.65. The summed E-state index contributed by atoms with van der Waals surface area (Å²) in [5.74, 6) is 1.96. The van der Waals surface area contributed by atoms with Gasteiger partial charge >= 0.3 is 5.97 Å². The summed E-state index contributed by atoms with van der Waals surface area (Å²) >= 11 is 0. The number of carbonyl (C=O) groups excluding carboxylic acids is 1. The second kappa shape index (κ2) is 8.71.